The lowest BCUT2D eigenvalue weighted by molar-refractivity contribution is -0.121. The second kappa shape index (κ2) is 12.2. The third kappa shape index (κ3) is 10.7. The Morgan fingerprint density at radius 3 is 2.31 bits per heavy atom. The zero-order chi connectivity index (χ0) is 19.4. The van der Waals surface area contributed by atoms with Crippen LogP contribution in [-0.4, -0.2) is 40.1 Å². The van der Waals surface area contributed by atoms with Crippen molar-refractivity contribution in [3.63, 3.8) is 0 Å². The van der Waals surface area contributed by atoms with E-state index in [4.69, 9.17) is 14.9 Å². The number of hydrogen-bond acceptors (Lipinski definition) is 4. The zero-order valence-electron chi connectivity index (χ0n) is 15.3. The summed E-state index contributed by atoms with van der Waals surface area (Å²) in [5.41, 5.74) is 2.08. The Balaban J connectivity index is 2.38. The van der Waals surface area contributed by atoms with Crippen LogP contribution in [0.4, 0.5) is 0 Å². The molecule has 1 amide bonds. The number of amides is 1. The number of phosphoric acid groups is 1. The fraction of sp³-hybridized carbons (Fsp3) is 0.611. The first-order chi connectivity index (χ1) is 12.3. The van der Waals surface area contributed by atoms with Crippen molar-refractivity contribution >= 4 is 13.7 Å². The van der Waals surface area contributed by atoms with Crippen molar-refractivity contribution in [1.82, 2.24) is 5.32 Å². The highest BCUT2D eigenvalue weighted by molar-refractivity contribution is 7.46. The summed E-state index contributed by atoms with van der Waals surface area (Å²) in [5.74, 6) is -0.342. The molecule has 0 saturated carbocycles. The number of rotatable bonds is 13. The van der Waals surface area contributed by atoms with Gasteiger partial charge in [-0.25, -0.2) is 4.57 Å². The maximum absolute atomic E-state index is 12.0. The first kappa shape index (κ1) is 22.8. The fourth-order valence-electron chi connectivity index (χ4n) is 2.55. The van der Waals surface area contributed by atoms with Gasteiger partial charge in [-0.1, -0.05) is 56.9 Å². The number of phosphoric ester groups is 1. The number of nitrogens with one attached hydrogen (secondary N) is 1. The Labute approximate surface area is 155 Å². The minimum atomic E-state index is -4.63. The molecule has 7 nitrogen and oxygen atoms in total. The molecule has 0 saturated heterocycles. The van der Waals surface area contributed by atoms with Gasteiger partial charge in [-0.3, -0.25) is 9.32 Å². The van der Waals surface area contributed by atoms with Crippen LogP contribution in [0.3, 0.4) is 0 Å². The number of benzene rings is 1. The van der Waals surface area contributed by atoms with Gasteiger partial charge in [-0.2, -0.15) is 0 Å². The van der Waals surface area contributed by atoms with Gasteiger partial charge in [0.25, 0.3) is 0 Å². The molecule has 0 radical (unpaired) electrons. The van der Waals surface area contributed by atoms with Crippen molar-refractivity contribution in [3.8, 4) is 0 Å². The highest BCUT2D eigenvalue weighted by Gasteiger charge is 2.19. The number of aliphatic hydroxyl groups excluding tert-OH is 1. The lowest BCUT2D eigenvalue weighted by Crippen LogP contribution is -2.41. The maximum atomic E-state index is 12.0. The van der Waals surface area contributed by atoms with E-state index in [1.165, 1.54) is 31.2 Å². The number of aliphatic hydroxyl groups is 1. The smallest absolute Gasteiger partial charge is 0.394 e. The Hall–Kier alpha value is -1.24. The van der Waals surface area contributed by atoms with Crippen molar-refractivity contribution in [2.45, 2.75) is 57.9 Å². The quantitative estimate of drug-likeness (QED) is 0.305. The van der Waals surface area contributed by atoms with Crippen LogP contribution in [0.25, 0.3) is 0 Å². The van der Waals surface area contributed by atoms with Gasteiger partial charge >= 0.3 is 7.82 Å². The molecule has 1 atom stereocenters. The second-order valence-corrected chi connectivity index (χ2v) is 7.63. The summed E-state index contributed by atoms with van der Waals surface area (Å²) < 4.78 is 15.0. The van der Waals surface area contributed by atoms with Crippen LogP contribution in [0.1, 0.15) is 50.2 Å². The lowest BCUT2D eigenvalue weighted by atomic mass is 10.0. The molecule has 0 aliphatic carbocycles. The molecule has 0 heterocycles. The SMILES string of the molecule is CCCCCCCc1ccc(CC(=O)N[C@H](CO)COP(=O)(O)O)cc1. The normalized spacial score (nSPS) is 12.8. The Kier molecular flexibility index (Phi) is 10.7. The van der Waals surface area contributed by atoms with Gasteiger partial charge in [-0.05, 0) is 24.0 Å². The first-order valence-corrected chi connectivity index (χ1v) is 10.5. The van der Waals surface area contributed by atoms with Crippen LogP contribution in [0.2, 0.25) is 0 Å². The third-order valence-electron chi connectivity index (χ3n) is 3.99. The molecule has 1 aromatic carbocycles. The molecule has 0 aliphatic rings. The topological polar surface area (TPSA) is 116 Å². The van der Waals surface area contributed by atoms with Crippen LogP contribution in [-0.2, 0) is 26.7 Å². The summed E-state index contributed by atoms with van der Waals surface area (Å²) in [6, 6.07) is 6.98. The van der Waals surface area contributed by atoms with Crippen LogP contribution < -0.4 is 5.32 Å². The number of carbonyl (C=O) groups is 1. The van der Waals surface area contributed by atoms with Crippen molar-refractivity contribution in [1.29, 1.82) is 0 Å². The van der Waals surface area contributed by atoms with E-state index in [1.807, 2.05) is 24.3 Å². The van der Waals surface area contributed by atoms with E-state index >= 15 is 0 Å². The number of aryl methyl sites for hydroxylation is 1. The predicted octanol–water partition coefficient (Wildman–Crippen LogP) is 2.33. The molecule has 26 heavy (non-hydrogen) atoms. The largest absolute Gasteiger partial charge is 0.469 e. The third-order valence-corrected chi connectivity index (χ3v) is 4.47. The number of hydrogen-bond donors (Lipinski definition) is 4. The molecule has 0 aromatic heterocycles. The average Bonchev–Trinajstić information content (AvgIpc) is 2.59. The van der Waals surface area contributed by atoms with Gasteiger partial charge in [0, 0.05) is 0 Å². The molecule has 0 bridgehead atoms. The van der Waals surface area contributed by atoms with E-state index in [2.05, 4.69) is 16.8 Å². The predicted molar refractivity (Wildman–Crippen MR) is 99.6 cm³/mol. The summed E-state index contributed by atoms with van der Waals surface area (Å²) in [6.07, 6.45) is 7.34. The summed E-state index contributed by atoms with van der Waals surface area (Å²) in [6.45, 7) is 1.27. The standard InChI is InChI=1S/C18H30NO6P/c1-2-3-4-5-6-7-15-8-10-16(11-9-15)12-18(21)19-17(13-20)14-25-26(22,23)24/h8-11,17,20H,2-7,12-14H2,1H3,(H,19,21)(H2,22,23,24)/t17-/m1/s1. The summed E-state index contributed by atoms with van der Waals surface area (Å²) in [7, 11) is -4.63. The molecule has 0 spiro atoms. The van der Waals surface area contributed by atoms with Crippen molar-refractivity contribution in [3.05, 3.63) is 35.4 Å². The van der Waals surface area contributed by atoms with E-state index in [0.29, 0.717) is 0 Å². The van der Waals surface area contributed by atoms with Crippen LogP contribution >= 0.6 is 7.82 Å². The van der Waals surface area contributed by atoms with Gasteiger partial charge in [0.1, 0.15) is 0 Å². The maximum Gasteiger partial charge on any atom is 0.469 e. The minimum absolute atomic E-state index is 0.128. The molecule has 148 valence electrons. The number of carbonyl (C=O) groups excluding carboxylic acids is 1. The van der Waals surface area contributed by atoms with E-state index in [-0.39, 0.29) is 12.3 Å². The van der Waals surface area contributed by atoms with Crippen LogP contribution in [0.5, 0.6) is 0 Å². The Morgan fingerprint density at radius 2 is 1.73 bits per heavy atom. The molecule has 8 heteroatoms. The molecule has 1 rings (SSSR count). The fourth-order valence-corrected chi connectivity index (χ4v) is 2.92. The van der Waals surface area contributed by atoms with E-state index in [0.717, 1.165) is 18.4 Å². The van der Waals surface area contributed by atoms with Gasteiger partial charge in [-0.15, -0.1) is 0 Å². The van der Waals surface area contributed by atoms with Crippen LogP contribution in [0.15, 0.2) is 24.3 Å². The van der Waals surface area contributed by atoms with Crippen LogP contribution in [0, 0.1) is 0 Å². The molecule has 4 N–H and O–H groups in total. The van der Waals surface area contributed by atoms with Crippen molar-refractivity contribution < 1.29 is 28.8 Å². The van der Waals surface area contributed by atoms with Gasteiger partial charge in [0.2, 0.25) is 5.91 Å². The Morgan fingerprint density at radius 1 is 1.12 bits per heavy atom. The lowest BCUT2D eigenvalue weighted by Gasteiger charge is -2.16. The molecular formula is C18H30NO6P. The Bertz CT molecular complexity index is 572. The highest BCUT2D eigenvalue weighted by atomic mass is 31.2. The molecule has 0 fully saturated rings. The minimum Gasteiger partial charge on any atom is -0.394 e. The summed E-state index contributed by atoms with van der Waals surface area (Å²) in [5, 5.41) is 11.7. The van der Waals surface area contributed by atoms with Gasteiger partial charge in [0.05, 0.1) is 25.7 Å². The first-order valence-electron chi connectivity index (χ1n) is 9.02. The number of unbranched alkanes of at least 4 members (excludes halogenated alkanes) is 4. The monoisotopic (exact) mass is 387 g/mol. The molecule has 0 unspecified atom stereocenters. The van der Waals surface area contributed by atoms with E-state index in [9.17, 15) is 9.36 Å². The zero-order valence-corrected chi connectivity index (χ0v) is 16.2. The second-order valence-electron chi connectivity index (χ2n) is 6.39. The molecule has 0 aliphatic heterocycles. The van der Waals surface area contributed by atoms with E-state index < -0.39 is 27.1 Å². The average molecular weight is 387 g/mol. The van der Waals surface area contributed by atoms with Crippen molar-refractivity contribution in [2.75, 3.05) is 13.2 Å². The van der Waals surface area contributed by atoms with Gasteiger partial charge in [0.15, 0.2) is 0 Å². The summed E-state index contributed by atoms with van der Waals surface area (Å²) >= 11 is 0. The summed E-state index contributed by atoms with van der Waals surface area (Å²) in [4.78, 5) is 29.3. The molecule has 1 aromatic rings. The van der Waals surface area contributed by atoms with Crippen molar-refractivity contribution in [2.24, 2.45) is 0 Å². The van der Waals surface area contributed by atoms with E-state index in [1.54, 1.807) is 0 Å². The van der Waals surface area contributed by atoms with Gasteiger partial charge < -0.3 is 20.2 Å². The molecular weight excluding hydrogens is 357 g/mol. The highest BCUT2D eigenvalue weighted by Crippen LogP contribution is 2.35.